The fraction of sp³-hybridized carbons (Fsp3) is 0.941. The zero-order valence-electron chi connectivity index (χ0n) is 16.2. The van der Waals surface area contributed by atoms with Gasteiger partial charge >= 0.3 is 6.09 Å². The van der Waals surface area contributed by atoms with Crippen molar-refractivity contribution < 1.29 is 39.4 Å². The van der Waals surface area contributed by atoms with Crippen LogP contribution in [0, 0.1) is 0 Å². The number of piperazine rings is 1. The van der Waals surface area contributed by atoms with Crippen molar-refractivity contribution in [3.63, 3.8) is 0 Å². The lowest BCUT2D eigenvalue weighted by molar-refractivity contribution is -0.301. The van der Waals surface area contributed by atoms with Gasteiger partial charge in [0, 0.05) is 32.7 Å². The molecule has 27 heavy (non-hydrogen) atoms. The van der Waals surface area contributed by atoms with Crippen LogP contribution < -0.4 is 0 Å². The van der Waals surface area contributed by atoms with E-state index < -0.39 is 42.9 Å². The number of hydrogen-bond donors (Lipinski definition) is 4. The largest absolute Gasteiger partial charge is 0.444 e. The minimum Gasteiger partial charge on any atom is -0.444 e. The number of carbonyl (C=O) groups is 1. The van der Waals surface area contributed by atoms with Gasteiger partial charge in [0.05, 0.1) is 13.2 Å². The first-order valence-electron chi connectivity index (χ1n) is 9.25. The predicted molar refractivity (Wildman–Crippen MR) is 94.0 cm³/mol. The van der Waals surface area contributed by atoms with Crippen LogP contribution in [0.25, 0.3) is 0 Å². The van der Waals surface area contributed by atoms with Crippen LogP contribution in [0.4, 0.5) is 4.79 Å². The van der Waals surface area contributed by atoms with E-state index in [1.165, 1.54) is 0 Å². The Labute approximate surface area is 159 Å². The first-order valence-corrected chi connectivity index (χ1v) is 9.25. The van der Waals surface area contributed by atoms with Crippen molar-refractivity contribution in [1.29, 1.82) is 0 Å². The summed E-state index contributed by atoms with van der Waals surface area (Å²) in [6.07, 6.45) is -6.66. The number of hydrogen-bond acceptors (Lipinski definition) is 9. The fourth-order valence-corrected chi connectivity index (χ4v) is 2.98. The third kappa shape index (κ3) is 6.24. The molecule has 0 radical (unpaired) electrons. The molecule has 2 aliphatic rings. The summed E-state index contributed by atoms with van der Waals surface area (Å²) in [6, 6.07) is 0. The number of rotatable bonds is 5. The van der Waals surface area contributed by atoms with E-state index >= 15 is 0 Å². The van der Waals surface area contributed by atoms with Crippen molar-refractivity contribution in [3.8, 4) is 0 Å². The average Bonchev–Trinajstić information content (AvgIpc) is 2.61. The zero-order valence-corrected chi connectivity index (χ0v) is 16.2. The van der Waals surface area contributed by atoms with Crippen molar-refractivity contribution in [3.05, 3.63) is 0 Å². The molecule has 0 saturated carbocycles. The molecule has 0 aliphatic carbocycles. The van der Waals surface area contributed by atoms with Crippen LogP contribution in [0.2, 0.25) is 0 Å². The van der Waals surface area contributed by atoms with Crippen molar-refractivity contribution in [2.24, 2.45) is 0 Å². The molecule has 2 heterocycles. The normalized spacial score (nSPS) is 33.1. The van der Waals surface area contributed by atoms with E-state index in [-0.39, 0.29) is 12.7 Å². The van der Waals surface area contributed by atoms with Gasteiger partial charge in [-0.05, 0) is 20.8 Å². The van der Waals surface area contributed by atoms with Crippen molar-refractivity contribution in [2.75, 3.05) is 45.9 Å². The molecule has 158 valence electrons. The van der Waals surface area contributed by atoms with Crippen LogP contribution in [0.5, 0.6) is 0 Å². The Bertz CT molecular complexity index is 476. The van der Waals surface area contributed by atoms with Gasteiger partial charge in [-0.15, -0.1) is 0 Å². The quantitative estimate of drug-likeness (QED) is 0.435. The van der Waals surface area contributed by atoms with Crippen molar-refractivity contribution in [2.45, 2.75) is 57.1 Å². The van der Waals surface area contributed by atoms with E-state index in [4.69, 9.17) is 19.3 Å². The highest BCUT2D eigenvalue weighted by molar-refractivity contribution is 5.68. The Kier molecular flexibility index (Phi) is 7.81. The van der Waals surface area contributed by atoms with E-state index in [0.29, 0.717) is 32.7 Å². The van der Waals surface area contributed by atoms with Gasteiger partial charge in [0.1, 0.15) is 30.0 Å². The summed E-state index contributed by atoms with van der Waals surface area (Å²) in [5.41, 5.74) is -0.520. The molecule has 2 aliphatic heterocycles. The summed E-state index contributed by atoms with van der Waals surface area (Å²) in [4.78, 5) is 15.8. The highest BCUT2D eigenvalue weighted by Gasteiger charge is 2.44. The number of amides is 1. The minimum atomic E-state index is -1.45. The maximum atomic E-state index is 12.0. The molecule has 0 aromatic rings. The number of carbonyl (C=O) groups excluding carboxylic acids is 1. The SMILES string of the molecule is CC(C)(C)OC(=O)N1CCN(CCO[C@@H]2OC(CO)[C@@H](O)C(O)C2O)CC1. The van der Waals surface area contributed by atoms with Crippen molar-refractivity contribution in [1.82, 2.24) is 9.80 Å². The number of nitrogens with zero attached hydrogens (tertiary/aromatic N) is 2. The molecule has 2 saturated heterocycles. The average molecular weight is 392 g/mol. The molecular weight excluding hydrogens is 360 g/mol. The van der Waals surface area contributed by atoms with Gasteiger partial charge in [-0.1, -0.05) is 0 Å². The lowest BCUT2D eigenvalue weighted by Crippen LogP contribution is -2.59. The highest BCUT2D eigenvalue weighted by atomic mass is 16.7. The minimum absolute atomic E-state index is 0.231. The fourth-order valence-electron chi connectivity index (χ4n) is 2.98. The van der Waals surface area contributed by atoms with Crippen LogP contribution in [0.15, 0.2) is 0 Å². The Hall–Kier alpha value is -1.01. The summed E-state index contributed by atoms with van der Waals surface area (Å²) >= 11 is 0. The molecule has 5 atom stereocenters. The lowest BCUT2D eigenvalue weighted by atomic mass is 9.99. The number of ether oxygens (including phenoxy) is 3. The molecule has 0 aromatic heterocycles. The van der Waals surface area contributed by atoms with Gasteiger partial charge in [0.15, 0.2) is 6.29 Å². The van der Waals surface area contributed by atoms with Gasteiger partial charge in [-0.3, -0.25) is 4.90 Å². The van der Waals surface area contributed by atoms with E-state index in [0.717, 1.165) is 0 Å². The Balaban J connectivity index is 1.70. The number of aliphatic hydroxyl groups excluding tert-OH is 4. The summed E-state index contributed by atoms with van der Waals surface area (Å²) in [6.45, 7) is 8.22. The Morgan fingerprint density at radius 2 is 1.70 bits per heavy atom. The van der Waals surface area contributed by atoms with Gasteiger partial charge in [0.25, 0.3) is 0 Å². The standard InChI is InChI=1S/C17H32N2O8/c1-17(2,3)27-16(24)19-6-4-18(5-7-19)8-9-25-15-14(23)13(22)12(21)11(10-20)26-15/h11-15,20-23H,4-10H2,1-3H3/t11?,12-,13?,14?,15-/m1/s1. The van der Waals surface area contributed by atoms with Gasteiger partial charge in [-0.2, -0.15) is 0 Å². The molecule has 0 bridgehead atoms. The van der Waals surface area contributed by atoms with E-state index in [9.17, 15) is 20.1 Å². The van der Waals surface area contributed by atoms with Crippen molar-refractivity contribution >= 4 is 6.09 Å². The highest BCUT2D eigenvalue weighted by Crippen LogP contribution is 2.22. The second kappa shape index (κ2) is 9.46. The third-order valence-corrected chi connectivity index (χ3v) is 4.56. The van der Waals surface area contributed by atoms with E-state index in [1.54, 1.807) is 4.90 Å². The Morgan fingerprint density at radius 3 is 2.26 bits per heavy atom. The summed E-state index contributed by atoms with van der Waals surface area (Å²) in [5.74, 6) is 0. The summed E-state index contributed by atoms with van der Waals surface area (Å²) in [7, 11) is 0. The molecule has 1 amide bonds. The smallest absolute Gasteiger partial charge is 0.410 e. The maximum absolute atomic E-state index is 12.0. The molecule has 2 rings (SSSR count). The summed E-state index contributed by atoms with van der Waals surface area (Å²) < 4.78 is 16.1. The number of aliphatic hydroxyl groups is 4. The van der Waals surface area contributed by atoms with Gasteiger partial charge in [0.2, 0.25) is 0 Å². The van der Waals surface area contributed by atoms with Crippen LogP contribution >= 0.6 is 0 Å². The molecular formula is C17H32N2O8. The third-order valence-electron chi connectivity index (χ3n) is 4.56. The molecule has 0 spiro atoms. The first kappa shape index (κ1) is 22.3. The lowest BCUT2D eigenvalue weighted by Gasteiger charge is -2.40. The second-order valence-electron chi connectivity index (χ2n) is 7.88. The molecule has 4 N–H and O–H groups in total. The Morgan fingerprint density at radius 1 is 1.07 bits per heavy atom. The van der Waals surface area contributed by atoms with Crippen LogP contribution in [0.1, 0.15) is 20.8 Å². The zero-order chi connectivity index (χ0) is 20.2. The monoisotopic (exact) mass is 392 g/mol. The molecule has 10 nitrogen and oxygen atoms in total. The van der Waals surface area contributed by atoms with E-state index in [1.807, 2.05) is 20.8 Å². The van der Waals surface area contributed by atoms with Crippen LogP contribution in [-0.4, -0.2) is 119 Å². The first-order chi connectivity index (χ1) is 12.6. The van der Waals surface area contributed by atoms with Gasteiger partial charge < -0.3 is 39.5 Å². The van der Waals surface area contributed by atoms with E-state index in [2.05, 4.69) is 4.90 Å². The molecule has 2 fully saturated rings. The van der Waals surface area contributed by atoms with Crippen LogP contribution in [-0.2, 0) is 14.2 Å². The molecule has 10 heteroatoms. The predicted octanol–water partition coefficient (Wildman–Crippen LogP) is -1.64. The topological polar surface area (TPSA) is 132 Å². The molecule has 3 unspecified atom stereocenters. The summed E-state index contributed by atoms with van der Waals surface area (Å²) in [5, 5.41) is 38.6. The van der Waals surface area contributed by atoms with Gasteiger partial charge in [-0.25, -0.2) is 4.79 Å². The second-order valence-corrected chi connectivity index (χ2v) is 7.88. The molecule has 0 aromatic carbocycles. The van der Waals surface area contributed by atoms with Crippen LogP contribution in [0.3, 0.4) is 0 Å². The maximum Gasteiger partial charge on any atom is 0.410 e.